The van der Waals surface area contributed by atoms with Gasteiger partial charge >= 0.3 is 0 Å². The summed E-state index contributed by atoms with van der Waals surface area (Å²) in [7, 11) is 0. The zero-order valence-corrected chi connectivity index (χ0v) is 13.6. The van der Waals surface area contributed by atoms with Gasteiger partial charge in [-0.3, -0.25) is 0 Å². The van der Waals surface area contributed by atoms with Crippen molar-refractivity contribution >= 4 is 32.3 Å². The van der Waals surface area contributed by atoms with E-state index in [-0.39, 0.29) is 0 Å². The monoisotopic (exact) mass is 322 g/mol. The third-order valence-electron chi connectivity index (χ3n) is 4.58. The van der Waals surface area contributed by atoms with Crippen LogP contribution in [0.25, 0.3) is 32.3 Å². The van der Waals surface area contributed by atoms with E-state index in [1.165, 1.54) is 16.2 Å². The number of aromatic nitrogens is 1. The predicted molar refractivity (Wildman–Crippen MR) is 102 cm³/mol. The second-order valence-corrected chi connectivity index (χ2v) is 6.17. The van der Waals surface area contributed by atoms with Crippen molar-refractivity contribution in [2.45, 2.75) is 0 Å². The Hall–Kier alpha value is -3.39. The summed E-state index contributed by atoms with van der Waals surface area (Å²) >= 11 is 0. The Bertz CT molecular complexity index is 1170. The van der Waals surface area contributed by atoms with Gasteiger partial charge in [0.2, 0.25) is 18.1 Å². The molecular weight excluding hydrogens is 306 g/mol. The average Bonchev–Trinajstić information content (AvgIpc) is 2.68. The van der Waals surface area contributed by atoms with Crippen LogP contribution in [0.1, 0.15) is 0 Å². The summed E-state index contributed by atoms with van der Waals surface area (Å²) in [6.07, 6.45) is 3.98. The van der Waals surface area contributed by atoms with Gasteiger partial charge < -0.3 is 0 Å². The smallest absolute Gasteiger partial charge is 0.230 e. The highest BCUT2D eigenvalue weighted by atomic mass is 16.7. The van der Waals surface area contributed by atoms with E-state index in [1.807, 2.05) is 24.5 Å². The fourth-order valence-corrected chi connectivity index (χ4v) is 3.35. The van der Waals surface area contributed by atoms with Crippen LogP contribution in [0.4, 0.5) is 0 Å². The summed E-state index contributed by atoms with van der Waals surface area (Å²) in [6, 6.07) is 29.3. The molecule has 1 aromatic heterocycles. The van der Waals surface area contributed by atoms with Crippen LogP contribution in [-0.2, 0) is 0 Å². The van der Waals surface area contributed by atoms with Crippen LogP contribution >= 0.6 is 0 Å². The van der Waals surface area contributed by atoms with E-state index in [2.05, 4.69) is 72.8 Å². The van der Waals surface area contributed by atoms with Gasteiger partial charge in [-0.2, -0.15) is 0 Å². The Morgan fingerprint density at radius 2 is 1.12 bits per heavy atom. The summed E-state index contributed by atoms with van der Waals surface area (Å²) < 4.78 is 1.79. The van der Waals surface area contributed by atoms with Gasteiger partial charge in [0.25, 0.3) is 0 Å². The zero-order chi connectivity index (χ0) is 16.6. The van der Waals surface area contributed by atoms with Gasteiger partial charge in [-0.15, -0.1) is 0 Å². The summed E-state index contributed by atoms with van der Waals surface area (Å²) in [4.78, 5) is 6.33. The number of hydrogen-bond donors (Lipinski definition) is 0. The van der Waals surface area contributed by atoms with E-state index >= 15 is 0 Å². The Morgan fingerprint density at radius 1 is 0.560 bits per heavy atom. The van der Waals surface area contributed by atoms with Gasteiger partial charge in [-0.1, -0.05) is 66.7 Å². The van der Waals surface area contributed by atoms with Crippen LogP contribution in [0.5, 0.6) is 5.75 Å². The molecule has 4 aromatic carbocycles. The van der Waals surface area contributed by atoms with Crippen LogP contribution in [0, 0.1) is 0 Å². The lowest BCUT2D eigenvalue weighted by Gasteiger charge is -2.08. The van der Waals surface area contributed by atoms with E-state index < -0.39 is 0 Å². The van der Waals surface area contributed by atoms with Gasteiger partial charge in [0.15, 0.2) is 0 Å². The first-order valence-electron chi connectivity index (χ1n) is 8.37. The molecule has 0 unspecified atom stereocenters. The van der Waals surface area contributed by atoms with E-state index in [0.29, 0.717) is 0 Å². The van der Waals surface area contributed by atoms with E-state index in [1.54, 1.807) is 4.73 Å². The van der Waals surface area contributed by atoms with Crippen molar-refractivity contribution in [3.63, 3.8) is 0 Å². The SMILES string of the molecule is c1ccc2c[n+](Oc3c4ccccc4cc4ccccc34)ccc2c1. The molecule has 1 heterocycles. The average molecular weight is 322 g/mol. The van der Waals surface area contributed by atoms with Crippen molar-refractivity contribution in [1.82, 2.24) is 0 Å². The van der Waals surface area contributed by atoms with Crippen molar-refractivity contribution in [3.8, 4) is 5.75 Å². The van der Waals surface area contributed by atoms with E-state index in [4.69, 9.17) is 4.84 Å². The minimum absolute atomic E-state index is 0.883. The maximum atomic E-state index is 6.33. The minimum atomic E-state index is 0.883. The molecule has 0 bridgehead atoms. The first kappa shape index (κ1) is 14.0. The summed E-state index contributed by atoms with van der Waals surface area (Å²) in [5.41, 5.74) is 0. The number of benzene rings is 4. The van der Waals surface area contributed by atoms with Crippen molar-refractivity contribution in [2.24, 2.45) is 0 Å². The fourth-order valence-electron chi connectivity index (χ4n) is 3.35. The van der Waals surface area contributed by atoms with Crippen LogP contribution in [-0.4, -0.2) is 0 Å². The highest BCUT2D eigenvalue weighted by molar-refractivity contribution is 6.05. The molecule has 0 amide bonds. The Balaban J connectivity index is 1.74. The van der Waals surface area contributed by atoms with Crippen LogP contribution in [0.15, 0.2) is 97.3 Å². The maximum absolute atomic E-state index is 6.33. The van der Waals surface area contributed by atoms with E-state index in [9.17, 15) is 0 Å². The first-order chi connectivity index (χ1) is 12.4. The van der Waals surface area contributed by atoms with Crippen molar-refractivity contribution in [1.29, 1.82) is 0 Å². The molecule has 0 spiro atoms. The molecular formula is C23H16NO+. The van der Waals surface area contributed by atoms with E-state index in [0.717, 1.165) is 21.9 Å². The summed E-state index contributed by atoms with van der Waals surface area (Å²) in [5, 5.41) is 6.93. The molecule has 0 N–H and O–H groups in total. The largest absolute Gasteiger partial charge is 0.230 e. The predicted octanol–water partition coefficient (Wildman–Crippen LogP) is 5.28. The molecule has 5 rings (SSSR count). The quantitative estimate of drug-likeness (QED) is 0.318. The number of pyridine rings is 1. The molecule has 0 saturated carbocycles. The Morgan fingerprint density at radius 3 is 1.80 bits per heavy atom. The number of rotatable bonds is 2. The lowest BCUT2D eigenvalue weighted by Crippen LogP contribution is -2.38. The minimum Gasteiger partial charge on any atom is -0.230 e. The number of nitrogens with zero attached hydrogens (tertiary/aromatic N) is 1. The highest BCUT2D eigenvalue weighted by Crippen LogP contribution is 2.34. The topological polar surface area (TPSA) is 13.1 Å². The molecule has 0 fully saturated rings. The van der Waals surface area contributed by atoms with Gasteiger partial charge in [-0.05, 0) is 28.3 Å². The Labute approximate surface area is 145 Å². The zero-order valence-electron chi connectivity index (χ0n) is 13.6. The molecule has 0 atom stereocenters. The summed E-state index contributed by atoms with van der Waals surface area (Å²) in [5.74, 6) is 0.883. The fraction of sp³-hybridized carbons (Fsp3) is 0. The highest BCUT2D eigenvalue weighted by Gasteiger charge is 2.14. The summed E-state index contributed by atoms with van der Waals surface area (Å²) in [6.45, 7) is 0. The van der Waals surface area contributed by atoms with Gasteiger partial charge in [-0.25, -0.2) is 4.84 Å². The molecule has 0 saturated heterocycles. The maximum Gasteiger partial charge on any atom is 0.230 e. The lowest BCUT2D eigenvalue weighted by atomic mass is 10.0. The molecule has 2 heteroatoms. The molecule has 25 heavy (non-hydrogen) atoms. The third-order valence-corrected chi connectivity index (χ3v) is 4.58. The normalized spacial score (nSPS) is 11.2. The van der Waals surface area contributed by atoms with Gasteiger partial charge in [0.1, 0.15) is 0 Å². The third kappa shape index (κ3) is 2.39. The molecule has 2 nitrogen and oxygen atoms in total. The molecule has 0 aliphatic rings. The molecule has 5 aromatic rings. The first-order valence-corrected chi connectivity index (χ1v) is 8.37. The molecule has 0 aliphatic heterocycles. The molecule has 0 aliphatic carbocycles. The second-order valence-electron chi connectivity index (χ2n) is 6.17. The number of fused-ring (bicyclic) bond motifs is 3. The lowest BCUT2D eigenvalue weighted by molar-refractivity contribution is -0.873. The molecule has 0 radical (unpaired) electrons. The Kier molecular flexibility index (Phi) is 3.14. The standard InChI is InChI=1S/C23H16NO/c1-2-10-20-16-24(14-13-17(20)7-1)25-23-21-11-5-3-8-18(21)15-19-9-4-6-12-22(19)23/h1-16H/q+1. The van der Waals surface area contributed by atoms with Crippen molar-refractivity contribution < 1.29 is 9.57 Å². The van der Waals surface area contributed by atoms with Crippen LogP contribution in [0.3, 0.4) is 0 Å². The van der Waals surface area contributed by atoms with Crippen molar-refractivity contribution in [3.05, 3.63) is 97.3 Å². The van der Waals surface area contributed by atoms with Crippen LogP contribution < -0.4 is 9.57 Å². The van der Waals surface area contributed by atoms with Gasteiger partial charge in [0.05, 0.1) is 5.39 Å². The van der Waals surface area contributed by atoms with Crippen LogP contribution in [0.2, 0.25) is 0 Å². The second kappa shape index (κ2) is 5.60. The van der Waals surface area contributed by atoms with Gasteiger partial charge in [0, 0.05) is 21.6 Å². The number of hydrogen-bond acceptors (Lipinski definition) is 1. The van der Waals surface area contributed by atoms with Crippen molar-refractivity contribution in [2.75, 3.05) is 0 Å². The molecule has 118 valence electrons.